The molecule has 6 atom stereocenters. The van der Waals surface area contributed by atoms with E-state index in [0.29, 0.717) is 25.7 Å². The minimum absolute atomic E-state index is 0.106. The highest BCUT2D eigenvalue weighted by Crippen LogP contribution is 2.45. The third-order valence-electron chi connectivity index (χ3n) is 17.9. The van der Waals surface area contributed by atoms with E-state index in [0.717, 1.165) is 95.8 Å². The Hall–Kier alpha value is -1.94. The normalized spacial score (nSPS) is 14.3. The van der Waals surface area contributed by atoms with E-state index in [4.69, 9.17) is 37.0 Å². The molecule has 0 saturated carbocycles. The predicted molar refractivity (Wildman–Crippen MR) is 382 cm³/mol. The van der Waals surface area contributed by atoms with Crippen LogP contribution in [0.5, 0.6) is 0 Å². The van der Waals surface area contributed by atoms with Crippen LogP contribution in [0.3, 0.4) is 0 Å². The van der Waals surface area contributed by atoms with Gasteiger partial charge in [-0.25, -0.2) is 9.13 Å². The zero-order chi connectivity index (χ0) is 69.1. The topological polar surface area (TPSA) is 237 Å². The van der Waals surface area contributed by atoms with Crippen LogP contribution in [0.2, 0.25) is 0 Å². The number of rotatable bonds is 75. The summed E-state index contributed by atoms with van der Waals surface area (Å²) in [6.07, 6.45) is 57.0. The van der Waals surface area contributed by atoms with Crippen molar-refractivity contribution in [3.8, 4) is 0 Å². The second-order valence-corrected chi connectivity index (χ2v) is 30.2. The van der Waals surface area contributed by atoms with Gasteiger partial charge in [0.25, 0.3) is 0 Å². The first-order valence-electron chi connectivity index (χ1n) is 39.2. The number of ether oxygens (including phenoxy) is 4. The lowest BCUT2D eigenvalue weighted by Gasteiger charge is -2.21. The monoisotopic (exact) mass is 1380 g/mol. The van der Waals surface area contributed by atoms with Crippen molar-refractivity contribution in [2.75, 3.05) is 39.6 Å². The van der Waals surface area contributed by atoms with Gasteiger partial charge >= 0.3 is 39.5 Å². The Morgan fingerprint density at radius 2 is 0.511 bits per heavy atom. The molecular weight excluding hydrogens is 1230 g/mol. The third kappa shape index (κ3) is 67.3. The number of unbranched alkanes of at least 4 members (excludes halogenated alkanes) is 46. The lowest BCUT2D eigenvalue weighted by Crippen LogP contribution is -2.30. The van der Waals surface area contributed by atoms with Gasteiger partial charge in [-0.05, 0) is 31.6 Å². The van der Waals surface area contributed by atoms with E-state index in [1.165, 1.54) is 218 Å². The standard InChI is InChI=1S/C75H146O17P2/c1-6-10-13-16-19-22-23-24-25-26-27-28-29-30-31-32-33-34-41-46-51-56-61-75(80)92-71(65-86-73(78)59-54-49-44-40-36-35-39-42-47-52-57-68(5)9-4)67-90-94(83,84)88-63-69(76)62-87-93(81,82)89-66-70(91-74(79)60-55-50-45-38-21-18-15-12-8-3)64-85-72(77)58-53-48-43-37-20-17-14-11-7-2/h68-71,76H,6-67H2,1-5H3,(H,81,82)(H,83,84)/t68?,69-,70+,71+/m0/s1. The van der Waals surface area contributed by atoms with Crippen molar-refractivity contribution >= 4 is 39.5 Å². The summed E-state index contributed by atoms with van der Waals surface area (Å²) in [6, 6.07) is 0. The number of aliphatic hydroxyl groups excluding tert-OH is 1. The summed E-state index contributed by atoms with van der Waals surface area (Å²) in [5.41, 5.74) is 0. The summed E-state index contributed by atoms with van der Waals surface area (Å²) < 4.78 is 68.3. The first-order valence-corrected chi connectivity index (χ1v) is 42.2. The zero-order valence-corrected chi connectivity index (χ0v) is 62.9. The highest BCUT2D eigenvalue weighted by Gasteiger charge is 2.30. The van der Waals surface area contributed by atoms with Crippen molar-refractivity contribution in [2.45, 2.75) is 412 Å². The van der Waals surface area contributed by atoms with Crippen molar-refractivity contribution in [1.29, 1.82) is 0 Å². The number of hydrogen-bond donors (Lipinski definition) is 3. The van der Waals surface area contributed by atoms with Gasteiger partial charge in [-0.15, -0.1) is 0 Å². The predicted octanol–water partition coefficient (Wildman–Crippen LogP) is 22.1. The second kappa shape index (κ2) is 68.2. The highest BCUT2D eigenvalue weighted by molar-refractivity contribution is 7.47. The van der Waals surface area contributed by atoms with Crippen LogP contribution in [-0.4, -0.2) is 96.7 Å². The minimum atomic E-state index is -4.95. The average Bonchev–Trinajstić information content (AvgIpc) is 1.45. The molecule has 0 aromatic carbocycles. The number of phosphoric ester groups is 2. The van der Waals surface area contributed by atoms with E-state index < -0.39 is 97.5 Å². The van der Waals surface area contributed by atoms with Crippen LogP contribution in [0, 0.1) is 5.92 Å². The molecule has 0 aromatic heterocycles. The molecule has 0 aromatic rings. The minimum Gasteiger partial charge on any atom is -0.462 e. The van der Waals surface area contributed by atoms with Gasteiger partial charge in [-0.3, -0.25) is 37.3 Å². The Kier molecular flexibility index (Phi) is 66.8. The van der Waals surface area contributed by atoms with Crippen LogP contribution in [0.15, 0.2) is 0 Å². The molecule has 0 amide bonds. The Morgan fingerprint density at radius 1 is 0.298 bits per heavy atom. The van der Waals surface area contributed by atoms with Crippen molar-refractivity contribution in [3.63, 3.8) is 0 Å². The molecule has 0 aliphatic rings. The molecule has 0 rings (SSSR count). The fourth-order valence-electron chi connectivity index (χ4n) is 11.5. The molecule has 94 heavy (non-hydrogen) atoms. The summed E-state index contributed by atoms with van der Waals surface area (Å²) in [6.45, 7) is 7.27. The molecule has 0 bridgehead atoms. The number of hydrogen-bond acceptors (Lipinski definition) is 15. The highest BCUT2D eigenvalue weighted by atomic mass is 31.2. The van der Waals surface area contributed by atoms with E-state index in [1.807, 2.05) is 0 Å². The Morgan fingerprint density at radius 3 is 0.755 bits per heavy atom. The molecule has 0 heterocycles. The van der Waals surface area contributed by atoms with Gasteiger partial charge in [0.1, 0.15) is 19.3 Å². The summed E-state index contributed by atoms with van der Waals surface area (Å²) in [5.74, 6) is -1.31. The maximum atomic E-state index is 13.1. The molecule has 0 radical (unpaired) electrons. The smallest absolute Gasteiger partial charge is 0.462 e. The Bertz CT molecular complexity index is 1810. The van der Waals surface area contributed by atoms with E-state index in [2.05, 4.69) is 34.6 Å². The first-order chi connectivity index (χ1) is 45.6. The molecule has 0 spiro atoms. The maximum Gasteiger partial charge on any atom is 0.472 e. The first kappa shape index (κ1) is 92.1. The Balaban J connectivity index is 5.15. The molecule has 3 N–H and O–H groups in total. The summed E-state index contributed by atoms with van der Waals surface area (Å²) >= 11 is 0. The molecular formula is C75H146O17P2. The lowest BCUT2D eigenvalue weighted by atomic mass is 9.99. The number of phosphoric acid groups is 2. The fourth-order valence-corrected chi connectivity index (χ4v) is 13.1. The van der Waals surface area contributed by atoms with Crippen LogP contribution >= 0.6 is 15.6 Å². The van der Waals surface area contributed by atoms with Crippen LogP contribution in [0.4, 0.5) is 0 Å². The van der Waals surface area contributed by atoms with Crippen molar-refractivity contribution in [2.24, 2.45) is 5.92 Å². The van der Waals surface area contributed by atoms with Crippen molar-refractivity contribution in [3.05, 3.63) is 0 Å². The summed E-state index contributed by atoms with van der Waals surface area (Å²) in [4.78, 5) is 72.6. The summed E-state index contributed by atoms with van der Waals surface area (Å²) in [7, 11) is -9.90. The van der Waals surface area contributed by atoms with Gasteiger partial charge in [0.05, 0.1) is 26.4 Å². The van der Waals surface area contributed by atoms with Crippen molar-refractivity contribution in [1.82, 2.24) is 0 Å². The van der Waals surface area contributed by atoms with Gasteiger partial charge in [0.15, 0.2) is 12.2 Å². The lowest BCUT2D eigenvalue weighted by molar-refractivity contribution is -0.161. The number of carbonyl (C=O) groups excluding carboxylic acids is 4. The van der Waals surface area contributed by atoms with Gasteiger partial charge in [-0.1, -0.05) is 343 Å². The van der Waals surface area contributed by atoms with Gasteiger partial charge in [0.2, 0.25) is 0 Å². The van der Waals surface area contributed by atoms with Gasteiger partial charge < -0.3 is 33.8 Å². The van der Waals surface area contributed by atoms with E-state index in [-0.39, 0.29) is 25.7 Å². The molecule has 558 valence electrons. The Labute approximate surface area is 575 Å². The number of aliphatic hydroxyl groups is 1. The molecule has 19 heteroatoms. The fraction of sp³-hybridized carbons (Fsp3) is 0.947. The largest absolute Gasteiger partial charge is 0.472 e. The number of carbonyl (C=O) groups is 4. The van der Waals surface area contributed by atoms with Gasteiger partial charge in [-0.2, -0.15) is 0 Å². The molecule has 0 aliphatic carbocycles. The molecule has 17 nitrogen and oxygen atoms in total. The van der Waals surface area contributed by atoms with Gasteiger partial charge in [0, 0.05) is 25.7 Å². The van der Waals surface area contributed by atoms with Crippen LogP contribution < -0.4 is 0 Å². The molecule has 0 aliphatic heterocycles. The summed E-state index contributed by atoms with van der Waals surface area (Å²) in [5, 5.41) is 10.6. The van der Waals surface area contributed by atoms with Crippen molar-refractivity contribution < 1.29 is 80.2 Å². The molecule has 3 unspecified atom stereocenters. The van der Waals surface area contributed by atoms with E-state index >= 15 is 0 Å². The number of esters is 4. The average molecular weight is 1380 g/mol. The van der Waals surface area contributed by atoms with Crippen LogP contribution in [0.1, 0.15) is 394 Å². The zero-order valence-electron chi connectivity index (χ0n) is 61.1. The SMILES string of the molecule is CCCCCCCCCCCCCCCCCCCCCCCCC(=O)O[C@H](COC(=O)CCCCCCCCCCCCC(C)CC)COP(=O)(O)OC[C@@H](O)COP(=O)(O)OC[C@@H](COC(=O)CCCCCCCCCCC)OC(=O)CCCCCCCCCCC. The van der Waals surface area contributed by atoms with Crippen LogP contribution in [-0.2, 0) is 65.4 Å². The van der Waals surface area contributed by atoms with E-state index in [1.54, 1.807) is 0 Å². The molecule has 0 saturated heterocycles. The van der Waals surface area contributed by atoms with E-state index in [9.17, 15) is 43.2 Å². The molecule has 0 fully saturated rings. The second-order valence-electron chi connectivity index (χ2n) is 27.3. The maximum absolute atomic E-state index is 13.1. The quantitative estimate of drug-likeness (QED) is 0.0222. The van der Waals surface area contributed by atoms with Crippen LogP contribution in [0.25, 0.3) is 0 Å². The third-order valence-corrected chi connectivity index (χ3v) is 19.8.